The van der Waals surface area contributed by atoms with Gasteiger partial charge in [-0.2, -0.15) is 0 Å². The Morgan fingerprint density at radius 2 is 1.39 bits per heavy atom. The van der Waals surface area contributed by atoms with Crippen molar-refractivity contribution in [2.24, 2.45) is 27.9 Å². The number of unbranched alkanes of at least 4 members (excludes halogenated alkanes) is 1. The van der Waals surface area contributed by atoms with Gasteiger partial charge >= 0.3 is 5.97 Å². The number of nitrogens with zero attached hydrogens (tertiary/aromatic N) is 1. The minimum absolute atomic E-state index is 0.0443. The monoisotopic (exact) mass is 635 g/mol. The minimum Gasteiger partial charge on any atom is -0.480 e. The number of guanidine groups is 1. The number of hydrogen-bond donors (Lipinski definition) is 9. The average Bonchev–Trinajstić information content (AvgIpc) is 3.44. The molecule has 3 rings (SSSR count). The molecule has 0 saturated heterocycles. The molecule has 3 amide bonds. The number of aromatic amines is 1. The molecule has 4 unspecified atom stereocenters. The highest BCUT2D eigenvalue weighted by Crippen LogP contribution is 2.19. The number of para-hydroxylation sites is 1. The molecular weight excluding hydrogens is 590 g/mol. The molecule has 13 N–H and O–H groups in total. The number of amides is 3. The van der Waals surface area contributed by atoms with E-state index in [0.29, 0.717) is 25.8 Å². The number of rotatable bonds is 19. The third kappa shape index (κ3) is 11.2. The van der Waals surface area contributed by atoms with Crippen molar-refractivity contribution < 1.29 is 24.3 Å². The van der Waals surface area contributed by atoms with Crippen LogP contribution in [0.1, 0.15) is 43.2 Å². The Kier molecular flexibility index (Phi) is 14.0. The molecule has 0 aliphatic heterocycles. The number of nitrogens with one attached hydrogen (secondary N) is 4. The zero-order chi connectivity index (χ0) is 33.5. The summed E-state index contributed by atoms with van der Waals surface area (Å²) in [6, 6.07) is 12.2. The summed E-state index contributed by atoms with van der Waals surface area (Å²) in [5, 5.41) is 18.8. The molecule has 248 valence electrons. The summed E-state index contributed by atoms with van der Waals surface area (Å²) in [6.45, 7) is 0.587. The molecule has 14 heteroatoms. The third-order valence-corrected chi connectivity index (χ3v) is 7.51. The Morgan fingerprint density at radius 3 is 2.04 bits per heavy atom. The Hall–Kier alpha value is -4.95. The van der Waals surface area contributed by atoms with Crippen molar-refractivity contribution in [3.8, 4) is 0 Å². The quantitative estimate of drug-likeness (QED) is 0.0487. The van der Waals surface area contributed by atoms with Gasteiger partial charge < -0.3 is 49.0 Å². The van der Waals surface area contributed by atoms with Gasteiger partial charge in [-0.25, -0.2) is 4.79 Å². The highest BCUT2D eigenvalue weighted by molar-refractivity contribution is 5.94. The number of carboxylic acid groups (broad SMARTS) is 1. The standard InChI is InChI=1S/C32H45N9O5/c33-15-7-6-13-25(39-28(42)23(34)18-21-19-38-24-12-5-4-11-22(21)24)29(43)40-26(14-8-16-37-32(35)36)30(44)41-27(31(45)46)17-20-9-2-1-3-10-20/h1-5,9-12,19,23,25-27,38H,6-8,13-18,33-34H2,(H,39,42)(H,40,43)(H,41,44)(H,45,46)(H4,35,36,37). The minimum atomic E-state index is -1.24. The van der Waals surface area contributed by atoms with Crippen LogP contribution in [0.25, 0.3) is 10.9 Å². The van der Waals surface area contributed by atoms with E-state index in [0.717, 1.165) is 22.0 Å². The van der Waals surface area contributed by atoms with Gasteiger partial charge in [-0.3, -0.25) is 19.4 Å². The SMILES string of the molecule is NCCCCC(NC(=O)C(N)Cc1c[nH]c2ccccc12)C(=O)NC(CCCN=C(N)N)C(=O)NC(Cc1ccccc1)C(=O)O. The zero-order valence-electron chi connectivity index (χ0n) is 25.8. The van der Waals surface area contributed by atoms with Crippen molar-refractivity contribution in [2.75, 3.05) is 13.1 Å². The topological polar surface area (TPSA) is 257 Å². The number of fused-ring (bicyclic) bond motifs is 1. The van der Waals surface area contributed by atoms with Crippen LogP contribution >= 0.6 is 0 Å². The van der Waals surface area contributed by atoms with Crippen molar-refractivity contribution in [3.63, 3.8) is 0 Å². The molecule has 1 heterocycles. The van der Waals surface area contributed by atoms with E-state index in [-0.39, 0.29) is 38.2 Å². The fourth-order valence-electron chi connectivity index (χ4n) is 5.04. The van der Waals surface area contributed by atoms with E-state index in [9.17, 15) is 24.3 Å². The number of hydrogen-bond acceptors (Lipinski definition) is 7. The van der Waals surface area contributed by atoms with E-state index in [1.54, 1.807) is 36.5 Å². The third-order valence-electron chi connectivity index (χ3n) is 7.51. The van der Waals surface area contributed by atoms with Gasteiger partial charge in [0.05, 0.1) is 6.04 Å². The smallest absolute Gasteiger partial charge is 0.326 e. The van der Waals surface area contributed by atoms with Crippen LogP contribution in [0, 0.1) is 0 Å². The molecule has 1 aromatic heterocycles. The number of aliphatic carboxylic acids is 1. The number of carboxylic acids is 1. The first kappa shape index (κ1) is 35.5. The molecule has 0 spiro atoms. The van der Waals surface area contributed by atoms with Gasteiger partial charge in [0, 0.05) is 30.1 Å². The number of H-pyrrole nitrogens is 1. The second-order valence-corrected chi connectivity index (χ2v) is 11.1. The molecular formula is C32H45N9O5. The Bertz CT molecular complexity index is 1470. The van der Waals surface area contributed by atoms with Crippen LogP contribution in [0.3, 0.4) is 0 Å². The lowest BCUT2D eigenvalue weighted by Gasteiger charge is -2.25. The van der Waals surface area contributed by atoms with Gasteiger partial charge in [0.25, 0.3) is 0 Å². The van der Waals surface area contributed by atoms with E-state index >= 15 is 0 Å². The van der Waals surface area contributed by atoms with Crippen LogP contribution in [0.4, 0.5) is 0 Å². The van der Waals surface area contributed by atoms with Crippen molar-refractivity contribution in [1.29, 1.82) is 0 Å². The maximum Gasteiger partial charge on any atom is 0.326 e. The van der Waals surface area contributed by atoms with Gasteiger partial charge in [0.15, 0.2) is 5.96 Å². The first-order valence-electron chi connectivity index (χ1n) is 15.3. The lowest BCUT2D eigenvalue weighted by atomic mass is 10.0. The van der Waals surface area contributed by atoms with Gasteiger partial charge in [-0.05, 0) is 62.3 Å². The van der Waals surface area contributed by atoms with Crippen LogP contribution in [0.15, 0.2) is 65.8 Å². The van der Waals surface area contributed by atoms with Gasteiger partial charge in [-0.15, -0.1) is 0 Å². The summed E-state index contributed by atoms with van der Waals surface area (Å²) in [5.41, 5.74) is 25.3. The molecule has 4 atom stereocenters. The maximum absolute atomic E-state index is 13.6. The molecule has 0 radical (unpaired) electrons. The number of carbonyl (C=O) groups is 4. The number of nitrogens with two attached hydrogens (primary N) is 4. The van der Waals surface area contributed by atoms with E-state index in [1.165, 1.54) is 0 Å². The molecule has 14 nitrogen and oxygen atoms in total. The summed E-state index contributed by atoms with van der Waals surface area (Å²) >= 11 is 0. The summed E-state index contributed by atoms with van der Waals surface area (Å²) in [7, 11) is 0. The number of aliphatic imine (C=N–C) groups is 1. The van der Waals surface area contributed by atoms with E-state index in [2.05, 4.69) is 25.9 Å². The first-order valence-corrected chi connectivity index (χ1v) is 15.3. The molecule has 0 aliphatic carbocycles. The summed E-state index contributed by atoms with van der Waals surface area (Å²) in [4.78, 5) is 59.3. The number of aromatic nitrogens is 1. The second kappa shape index (κ2) is 18.1. The predicted molar refractivity (Wildman–Crippen MR) is 176 cm³/mol. The fourth-order valence-corrected chi connectivity index (χ4v) is 5.04. The number of carbonyl (C=O) groups excluding carboxylic acids is 3. The number of benzene rings is 2. The van der Waals surface area contributed by atoms with Crippen LogP contribution in [-0.2, 0) is 32.0 Å². The van der Waals surface area contributed by atoms with Crippen molar-refractivity contribution in [2.45, 2.75) is 69.1 Å². The Balaban J connectivity index is 1.73. The maximum atomic E-state index is 13.6. The van der Waals surface area contributed by atoms with Gasteiger partial charge in [-0.1, -0.05) is 48.5 Å². The molecule has 0 aliphatic rings. The molecule has 46 heavy (non-hydrogen) atoms. The van der Waals surface area contributed by atoms with Crippen molar-refractivity contribution in [1.82, 2.24) is 20.9 Å². The Labute approximate surface area is 267 Å². The molecule has 3 aromatic rings. The van der Waals surface area contributed by atoms with Crippen LogP contribution in [0.5, 0.6) is 0 Å². The average molecular weight is 636 g/mol. The van der Waals surface area contributed by atoms with Crippen LogP contribution < -0.4 is 38.9 Å². The predicted octanol–water partition coefficient (Wildman–Crippen LogP) is 0.00200. The van der Waals surface area contributed by atoms with Gasteiger partial charge in [0.1, 0.15) is 18.1 Å². The zero-order valence-corrected chi connectivity index (χ0v) is 25.8. The summed E-state index contributed by atoms with van der Waals surface area (Å²) < 4.78 is 0. The molecule has 0 fully saturated rings. The van der Waals surface area contributed by atoms with Crippen LogP contribution in [-0.4, -0.2) is 77.0 Å². The van der Waals surface area contributed by atoms with E-state index in [4.69, 9.17) is 22.9 Å². The lowest BCUT2D eigenvalue weighted by Crippen LogP contribution is -2.57. The highest BCUT2D eigenvalue weighted by atomic mass is 16.4. The van der Waals surface area contributed by atoms with Gasteiger partial charge in [0.2, 0.25) is 17.7 Å². The van der Waals surface area contributed by atoms with Crippen molar-refractivity contribution in [3.05, 3.63) is 71.9 Å². The van der Waals surface area contributed by atoms with E-state index in [1.807, 2.05) is 24.3 Å². The molecule has 0 saturated carbocycles. The lowest BCUT2D eigenvalue weighted by molar-refractivity contribution is -0.142. The normalized spacial score (nSPS) is 13.6. The van der Waals surface area contributed by atoms with E-state index < -0.39 is 47.9 Å². The first-order chi connectivity index (χ1) is 22.1. The Morgan fingerprint density at radius 1 is 0.783 bits per heavy atom. The van der Waals surface area contributed by atoms with Crippen molar-refractivity contribution >= 4 is 40.6 Å². The largest absolute Gasteiger partial charge is 0.480 e. The summed E-state index contributed by atoms with van der Waals surface area (Å²) in [5.74, 6) is -3.17. The van der Waals surface area contributed by atoms with Crippen LogP contribution in [0.2, 0.25) is 0 Å². The fraction of sp³-hybridized carbons (Fsp3) is 0.406. The second-order valence-electron chi connectivity index (χ2n) is 11.1. The molecule has 0 bridgehead atoms. The molecule has 2 aromatic carbocycles. The summed E-state index contributed by atoms with van der Waals surface area (Å²) in [6.07, 6.45) is 3.90. The highest BCUT2D eigenvalue weighted by Gasteiger charge is 2.30.